The van der Waals surface area contributed by atoms with Gasteiger partial charge in [-0.3, -0.25) is 9.69 Å². The highest BCUT2D eigenvalue weighted by Crippen LogP contribution is 2.38. The number of nitrogens with two attached hydrogens (primary N) is 1. The zero-order valence-electron chi connectivity index (χ0n) is 16.2. The lowest BCUT2D eigenvalue weighted by molar-refractivity contribution is -0.119. The quantitative estimate of drug-likeness (QED) is 0.846. The molecule has 2 fully saturated rings. The van der Waals surface area contributed by atoms with Crippen molar-refractivity contribution in [3.05, 3.63) is 24.4 Å². The van der Waals surface area contributed by atoms with Crippen LogP contribution in [0.4, 0.5) is 16.3 Å². The number of rotatable bonds is 3. The smallest absolute Gasteiger partial charge is 0.415 e. The van der Waals surface area contributed by atoms with Gasteiger partial charge in [0, 0.05) is 24.5 Å². The molecular weight excluding hydrogens is 374 g/mol. The van der Waals surface area contributed by atoms with Crippen molar-refractivity contribution in [3.63, 3.8) is 0 Å². The van der Waals surface area contributed by atoms with E-state index in [0.717, 1.165) is 36.5 Å². The van der Waals surface area contributed by atoms with Gasteiger partial charge in [-0.25, -0.2) is 9.78 Å². The lowest BCUT2D eigenvalue weighted by Crippen LogP contribution is -2.40. The van der Waals surface area contributed by atoms with E-state index >= 15 is 0 Å². The highest BCUT2D eigenvalue weighted by atomic mass is 16.6. The Morgan fingerprint density at radius 3 is 2.93 bits per heavy atom. The molecule has 4 heterocycles. The topological polar surface area (TPSA) is 103 Å². The van der Waals surface area contributed by atoms with Crippen LogP contribution in [0.5, 0.6) is 5.75 Å². The van der Waals surface area contributed by atoms with Gasteiger partial charge in [0.05, 0.1) is 18.7 Å². The van der Waals surface area contributed by atoms with Gasteiger partial charge in [-0.05, 0) is 31.9 Å². The molecule has 3 aliphatic heterocycles. The summed E-state index contributed by atoms with van der Waals surface area (Å²) in [5.41, 5.74) is 7.34. The molecule has 2 atom stereocenters. The van der Waals surface area contributed by atoms with E-state index in [9.17, 15) is 9.59 Å². The van der Waals surface area contributed by atoms with Crippen molar-refractivity contribution in [1.82, 2.24) is 9.55 Å². The Morgan fingerprint density at radius 2 is 2.17 bits per heavy atom. The fraction of sp³-hybridized carbons (Fsp3) is 0.450. The van der Waals surface area contributed by atoms with E-state index in [0.29, 0.717) is 31.3 Å². The summed E-state index contributed by atoms with van der Waals surface area (Å²) in [5.74, 6) is 1.75. The summed E-state index contributed by atoms with van der Waals surface area (Å²) >= 11 is 0. The fourth-order valence-corrected chi connectivity index (χ4v) is 4.33. The molecule has 0 saturated carbocycles. The van der Waals surface area contributed by atoms with Crippen LogP contribution < -0.4 is 20.3 Å². The van der Waals surface area contributed by atoms with Gasteiger partial charge in [-0.1, -0.05) is 0 Å². The van der Waals surface area contributed by atoms with Crippen LogP contribution in [-0.4, -0.2) is 53.4 Å². The van der Waals surface area contributed by atoms with E-state index in [1.54, 1.807) is 4.90 Å². The highest BCUT2D eigenvalue weighted by Gasteiger charge is 2.33. The normalized spacial score (nSPS) is 23.3. The second-order valence-electron chi connectivity index (χ2n) is 7.70. The predicted octanol–water partition coefficient (Wildman–Crippen LogP) is 1.74. The van der Waals surface area contributed by atoms with Crippen LogP contribution in [0.3, 0.4) is 0 Å². The second-order valence-corrected chi connectivity index (χ2v) is 7.70. The van der Waals surface area contributed by atoms with E-state index in [4.69, 9.17) is 20.2 Å². The van der Waals surface area contributed by atoms with Crippen LogP contribution in [-0.2, 0) is 16.1 Å². The third-order valence-electron chi connectivity index (χ3n) is 5.71. The van der Waals surface area contributed by atoms with Gasteiger partial charge < -0.3 is 24.7 Å². The first-order valence-electron chi connectivity index (χ1n) is 9.90. The Hall–Kier alpha value is -3.23. The fourth-order valence-electron chi connectivity index (χ4n) is 4.33. The van der Waals surface area contributed by atoms with Crippen LogP contribution in [0.1, 0.15) is 19.8 Å². The van der Waals surface area contributed by atoms with Crippen molar-refractivity contribution in [1.29, 1.82) is 0 Å². The van der Waals surface area contributed by atoms with Gasteiger partial charge in [0.25, 0.3) is 0 Å². The number of primary amides is 1. The Kier molecular flexibility index (Phi) is 4.11. The lowest BCUT2D eigenvalue weighted by Gasteiger charge is -2.25. The molecule has 3 aliphatic rings. The number of fused-ring (bicyclic) bond motifs is 3. The zero-order valence-corrected chi connectivity index (χ0v) is 16.2. The number of imidazole rings is 1. The van der Waals surface area contributed by atoms with Crippen molar-refractivity contribution in [2.75, 3.05) is 29.5 Å². The molecule has 152 valence electrons. The first kappa shape index (κ1) is 17.8. The second kappa shape index (κ2) is 6.68. The molecule has 9 heteroatoms. The number of nitrogens with zero attached hydrogens (tertiary/aromatic N) is 4. The maximum Gasteiger partial charge on any atom is 0.415 e. The van der Waals surface area contributed by atoms with Crippen LogP contribution in [0.25, 0.3) is 11.4 Å². The minimum Gasteiger partial charge on any atom is -0.491 e. The monoisotopic (exact) mass is 397 g/mol. The number of aromatic nitrogens is 2. The molecule has 0 aliphatic carbocycles. The summed E-state index contributed by atoms with van der Waals surface area (Å²) < 4.78 is 13.2. The maximum atomic E-state index is 12.1. The van der Waals surface area contributed by atoms with Gasteiger partial charge in [-0.15, -0.1) is 0 Å². The van der Waals surface area contributed by atoms with Crippen molar-refractivity contribution in [2.24, 2.45) is 5.73 Å². The molecular formula is C20H23N5O4. The maximum absolute atomic E-state index is 12.1. The number of carbonyl (C=O) groups excluding carboxylic acids is 2. The summed E-state index contributed by atoms with van der Waals surface area (Å²) in [6.07, 6.45) is 3.05. The average molecular weight is 397 g/mol. The number of ether oxygens (including phenoxy) is 2. The molecule has 2 amide bonds. The number of carbonyl (C=O) groups is 2. The zero-order chi connectivity index (χ0) is 20.1. The Bertz CT molecular complexity index is 987. The number of hydrogen-bond acceptors (Lipinski definition) is 6. The van der Waals surface area contributed by atoms with Crippen LogP contribution >= 0.6 is 0 Å². The number of anilines is 2. The summed E-state index contributed by atoms with van der Waals surface area (Å²) in [6, 6.07) is 5.60. The van der Waals surface area contributed by atoms with E-state index < -0.39 is 0 Å². The predicted molar refractivity (Wildman–Crippen MR) is 106 cm³/mol. The summed E-state index contributed by atoms with van der Waals surface area (Å²) in [6.45, 7) is 4.25. The molecule has 2 N–H and O–H groups in total. The first-order chi connectivity index (χ1) is 14.0. The molecule has 2 aromatic rings. The lowest BCUT2D eigenvalue weighted by atomic mass is 10.1. The van der Waals surface area contributed by atoms with Crippen molar-refractivity contribution in [3.8, 4) is 17.1 Å². The molecule has 2 saturated heterocycles. The van der Waals surface area contributed by atoms with Crippen LogP contribution in [0, 0.1) is 0 Å². The van der Waals surface area contributed by atoms with Crippen LogP contribution in [0.2, 0.25) is 0 Å². The van der Waals surface area contributed by atoms with Gasteiger partial charge >= 0.3 is 6.09 Å². The van der Waals surface area contributed by atoms with Crippen molar-refractivity contribution < 1.29 is 19.1 Å². The number of hydrogen-bond donors (Lipinski definition) is 1. The molecule has 29 heavy (non-hydrogen) atoms. The average Bonchev–Trinajstić information content (AvgIpc) is 3.38. The third-order valence-corrected chi connectivity index (χ3v) is 5.71. The minimum atomic E-state index is -0.371. The minimum absolute atomic E-state index is 0.152. The van der Waals surface area contributed by atoms with E-state index in [1.807, 2.05) is 40.8 Å². The number of amides is 2. The van der Waals surface area contributed by atoms with E-state index in [2.05, 4.69) is 0 Å². The van der Waals surface area contributed by atoms with E-state index in [-0.39, 0.29) is 24.1 Å². The molecule has 9 nitrogen and oxygen atoms in total. The van der Waals surface area contributed by atoms with Crippen molar-refractivity contribution in [2.45, 2.75) is 38.5 Å². The molecule has 0 unspecified atom stereocenters. The first-order valence-corrected chi connectivity index (χ1v) is 9.90. The highest BCUT2D eigenvalue weighted by molar-refractivity contribution is 5.89. The van der Waals surface area contributed by atoms with Crippen molar-refractivity contribution >= 4 is 23.5 Å². The molecule has 5 rings (SSSR count). The van der Waals surface area contributed by atoms with Gasteiger partial charge in [-0.2, -0.15) is 0 Å². The van der Waals surface area contributed by atoms with Gasteiger partial charge in [0.1, 0.15) is 30.3 Å². The molecule has 1 aromatic carbocycles. The third kappa shape index (κ3) is 2.97. The summed E-state index contributed by atoms with van der Waals surface area (Å²) in [7, 11) is 0. The molecule has 0 radical (unpaired) electrons. The largest absolute Gasteiger partial charge is 0.491 e. The van der Waals surface area contributed by atoms with E-state index in [1.165, 1.54) is 0 Å². The SMILES string of the molecule is C[C@@H]1CN(c2cn3c(n2)-c2ccc(N4CCC[C@H]4C(N)=O)cc2OCC3)C(=O)O1. The summed E-state index contributed by atoms with van der Waals surface area (Å²) in [4.78, 5) is 32.1. The molecule has 0 bridgehead atoms. The van der Waals surface area contributed by atoms with Gasteiger partial charge in [0.2, 0.25) is 5.91 Å². The molecule has 1 aromatic heterocycles. The number of cyclic esters (lactones) is 1. The Labute approximate surface area is 168 Å². The number of benzene rings is 1. The summed E-state index contributed by atoms with van der Waals surface area (Å²) in [5, 5.41) is 0. The Morgan fingerprint density at radius 1 is 1.31 bits per heavy atom. The Balaban J connectivity index is 1.50. The molecule has 0 spiro atoms. The van der Waals surface area contributed by atoms with Gasteiger partial charge in [0.15, 0.2) is 5.82 Å². The van der Waals surface area contributed by atoms with Crippen LogP contribution in [0.15, 0.2) is 24.4 Å². The standard InChI is InChI=1S/C20H23N5O4/c1-12-10-25(20(27)29-12)17-11-23-7-8-28-16-9-13(4-5-14(16)19(23)22-17)24-6-2-3-15(24)18(21)26/h4-5,9,11-12,15H,2-3,6-8,10H2,1H3,(H2,21,26)/t12-,15+/m1/s1.